The quantitative estimate of drug-likeness (QED) is 0.451. The first-order chi connectivity index (χ1) is 10.0. The molecule has 6 heteroatoms. The molecule has 0 amide bonds. The molecule has 0 aliphatic heterocycles. The highest BCUT2D eigenvalue weighted by atomic mass is 79.9. The van der Waals surface area contributed by atoms with Gasteiger partial charge in [-0.2, -0.15) is 0 Å². The van der Waals surface area contributed by atoms with Crippen molar-refractivity contribution >= 4 is 21.6 Å². The Morgan fingerprint density at radius 3 is 2.57 bits per heavy atom. The zero-order chi connectivity index (χ0) is 15.4. The van der Waals surface area contributed by atoms with Gasteiger partial charge in [0.05, 0.1) is 4.92 Å². The first kappa shape index (κ1) is 15.4. The van der Waals surface area contributed by atoms with Crippen LogP contribution in [0.1, 0.15) is 16.7 Å². The predicted molar refractivity (Wildman–Crippen MR) is 81.2 cm³/mol. The molecule has 0 unspecified atom stereocenters. The smallest absolute Gasteiger partial charge is 0.272 e. The molecule has 0 bridgehead atoms. The van der Waals surface area contributed by atoms with Crippen molar-refractivity contribution in [1.82, 2.24) is 0 Å². The lowest BCUT2D eigenvalue weighted by Gasteiger charge is -2.12. The number of nitro groups is 1. The molecule has 0 saturated heterocycles. The third kappa shape index (κ3) is 3.39. The van der Waals surface area contributed by atoms with E-state index in [1.807, 2.05) is 0 Å². The third-order valence-corrected chi connectivity index (χ3v) is 3.78. The second-order valence-corrected chi connectivity index (χ2v) is 5.03. The van der Waals surface area contributed by atoms with Crippen molar-refractivity contribution in [2.45, 2.75) is 18.9 Å². The summed E-state index contributed by atoms with van der Waals surface area (Å²) in [6.07, 6.45) is 0. The summed E-state index contributed by atoms with van der Waals surface area (Å²) >= 11 is 3.28. The lowest BCUT2D eigenvalue weighted by Crippen LogP contribution is -2.03. The lowest BCUT2D eigenvalue weighted by atomic mass is 10.1. The molecule has 2 aromatic carbocycles. The highest BCUT2D eigenvalue weighted by molar-refractivity contribution is 9.08. The number of alkyl halides is 1. The summed E-state index contributed by atoms with van der Waals surface area (Å²) in [5.41, 5.74) is 1.91. The Morgan fingerprint density at radius 2 is 1.90 bits per heavy atom. The fourth-order valence-electron chi connectivity index (χ4n) is 1.99. The van der Waals surface area contributed by atoms with E-state index >= 15 is 0 Å². The summed E-state index contributed by atoms with van der Waals surface area (Å²) in [4.78, 5) is 10.5. The van der Waals surface area contributed by atoms with Gasteiger partial charge in [0.2, 0.25) is 0 Å². The van der Waals surface area contributed by atoms with E-state index < -0.39 is 10.7 Å². The molecule has 21 heavy (non-hydrogen) atoms. The average molecular weight is 354 g/mol. The van der Waals surface area contributed by atoms with Crippen LogP contribution in [0.25, 0.3) is 0 Å². The van der Waals surface area contributed by atoms with Crippen LogP contribution in [0.4, 0.5) is 10.1 Å². The number of rotatable bonds is 5. The number of para-hydroxylation sites is 1. The van der Waals surface area contributed by atoms with Gasteiger partial charge in [-0.25, -0.2) is 4.39 Å². The van der Waals surface area contributed by atoms with Crippen LogP contribution < -0.4 is 4.74 Å². The van der Waals surface area contributed by atoms with Crippen LogP contribution in [0.2, 0.25) is 0 Å². The molecular weight excluding hydrogens is 341 g/mol. The van der Waals surface area contributed by atoms with Gasteiger partial charge in [-0.3, -0.25) is 10.1 Å². The lowest BCUT2D eigenvalue weighted by molar-refractivity contribution is -0.385. The highest BCUT2D eigenvalue weighted by Crippen LogP contribution is 2.27. The van der Waals surface area contributed by atoms with Crippen LogP contribution in [-0.4, -0.2) is 4.92 Å². The molecular formula is C15H13BrFNO3. The van der Waals surface area contributed by atoms with Gasteiger partial charge in [0.25, 0.3) is 5.69 Å². The standard InChI is InChI=1S/C15H13BrFNO3/c1-10-12(5-3-7-14(10)18(19)20)9-21-15-11(8-16)4-2-6-13(15)17/h2-7H,8-9H2,1H3. The Balaban J connectivity index is 2.25. The molecule has 4 nitrogen and oxygen atoms in total. The summed E-state index contributed by atoms with van der Waals surface area (Å²) in [5, 5.41) is 11.4. The minimum Gasteiger partial charge on any atom is -0.485 e. The van der Waals surface area contributed by atoms with E-state index in [2.05, 4.69) is 15.9 Å². The molecule has 0 fully saturated rings. The zero-order valence-electron chi connectivity index (χ0n) is 11.3. The van der Waals surface area contributed by atoms with Crippen molar-refractivity contribution in [3.8, 4) is 5.75 Å². The predicted octanol–water partition coefficient (Wildman–Crippen LogP) is 4.52. The maximum absolute atomic E-state index is 13.8. The molecule has 0 spiro atoms. The highest BCUT2D eigenvalue weighted by Gasteiger charge is 2.15. The van der Waals surface area contributed by atoms with Gasteiger partial charge in [0.1, 0.15) is 6.61 Å². The average Bonchev–Trinajstić information content (AvgIpc) is 2.46. The zero-order valence-corrected chi connectivity index (χ0v) is 12.9. The summed E-state index contributed by atoms with van der Waals surface area (Å²) in [7, 11) is 0. The van der Waals surface area contributed by atoms with E-state index in [1.165, 1.54) is 12.1 Å². The van der Waals surface area contributed by atoms with Gasteiger partial charge in [0, 0.05) is 22.5 Å². The minimum atomic E-state index is -0.449. The molecule has 0 heterocycles. The maximum atomic E-state index is 13.8. The molecule has 2 rings (SSSR count). The second kappa shape index (κ2) is 6.67. The molecule has 0 aromatic heterocycles. The van der Waals surface area contributed by atoms with Crippen LogP contribution in [0.3, 0.4) is 0 Å². The van der Waals surface area contributed by atoms with Gasteiger partial charge >= 0.3 is 0 Å². The van der Waals surface area contributed by atoms with E-state index in [1.54, 1.807) is 31.2 Å². The fraction of sp³-hybridized carbons (Fsp3) is 0.200. The first-order valence-electron chi connectivity index (χ1n) is 6.23. The first-order valence-corrected chi connectivity index (χ1v) is 7.35. The fourth-order valence-corrected chi connectivity index (χ4v) is 2.44. The maximum Gasteiger partial charge on any atom is 0.272 e. The van der Waals surface area contributed by atoms with Gasteiger partial charge in [-0.1, -0.05) is 40.2 Å². The Hall–Kier alpha value is -1.95. The van der Waals surface area contributed by atoms with Gasteiger partial charge in [-0.15, -0.1) is 0 Å². The number of hydrogen-bond acceptors (Lipinski definition) is 3. The topological polar surface area (TPSA) is 52.4 Å². The second-order valence-electron chi connectivity index (χ2n) is 4.47. The normalized spacial score (nSPS) is 10.4. The van der Waals surface area contributed by atoms with Crippen molar-refractivity contribution < 1.29 is 14.1 Å². The monoisotopic (exact) mass is 353 g/mol. The Bertz CT molecular complexity index is 676. The number of ether oxygens (including phenoxy) is 1. The Kier molecular flexibility index (Phi) is 4.90. The molecule has 0 aliphatic rings. The molecule has 0 aliphatic carbocycles. The number of halogens is 2. The molecule has 0 saturated carbocycles. The third-order valence-electron chi connectivity index (χ3n) is 3.18. The minimum absolute atomic E-state index is 0.0327. The van der Waals surface area contributed by atoms with E-state index in [9.17, 15) is 14.5 Å². The van der Waals surface area contributed by atoms with E-state index in [-0.39, 0.29) is 18.0 Å². The number of benzene rings is 2. The summed E-state index contributed by atoms with van der Waals surface area (Å²) in [5.74, 6) is -0.282. The molecule has 0 radical (unpaired) electrons. The molecule has 0 N–H and O–H groups in total. The number of nitro benzene ring substituents is 1. The van der Waals surface area contributed by atoms with Crippen molar-refractivity contribution in [3.63, 3.8) is 0 Å². The van der Waals surface area contributed by atoms with E-state index in [0.717, 1.165) is 0 Å². The van der Waals surface area contributed by atoms with Crippen LogP contribution in [-0.2, 0) is 11.9 Å². The van der Waals surface area contributed by atoms with Gasteiger partial charge in [0.15, 0.2) is 11.6 Å². The van der Waals surface area contributed by atoms with Gasteiger partial charge in [-0.05, 0) is 18.6 Å². The van der Waals surface area contributed by atoms with Crippen molar-refractivity contribution in [2.24, 2.45) is 0 Å². The van der Waals surface area contributed by atoms with E-state index in [0.29, 0.717) is 22.0 Å². The Morgan fingerprint density at radius 1 is 1.24 bits per heavy atom. The summed E-state index contributed by atoms with van der Waals surface area (Å²) in [6.45, 7) is 1.73. The van der Waals surface area contributed by atoms with Crippen LogP contribution >= 0.6 is 15.9 Å². The van der Waals surface area contributed by atoms with Crippen LogP contribution in [0.5, 0.6) is 5.75 Å². The van der Waals surface area contributed by atoms with Crippen molar-refractivity contribution in [1.29, 1.82) is 0 Å². The van der Waals surface area contributed by atoms with Gasteiger partial charge < -0.3 is 4.74 Å². The van der Waals surface area contributed by atoms with Crippen LogP contribution in [0.15, 0.2) is 36.4 Å². The molecule has 110 valence electrons. The Labute approximate surface area is 129 Å². The molecule has 2 aromatic rings. The summed E-state index contributed by atoms with van der Waals surface area (Å²) < 4.78 is 19.3. The SMILES string of the molecule is Cc1c(COc2c(F)cccc2CBr)cccc1[N+](=O)[O-]. The van der Waals surface area contributed by atoms with Crippen molar-refractivity contribution in [3.05, 3.63) is 69.0 Å². The number of nitrogens with zero attached hydrogens (tertiary/aromatic N) is 1. The summed E-state index contributed by atoms with van der Waals surface area (Å²) in [6, 6.07) is 9.45. The van der Waals surface area contributed by atoms with E-state index in [4.69, 9.17) is 4.74 Å². The number of hydrogen-bond donors (Lipinski definition) is 0. The molecule has 0 atom stereocenters. The van der Waals surface area contributed by atoms with Crippen molar-refractivity contribution in [2.75, 3.05) is 0 Å². The largest absolute Gasteiger partial charge is 0.485 e. The van der Waals surface area contributed by atoms with Crippen LogP contribution in [0, 0.1) is 22.9 Å².